The van der Waals surface area contributed by atoms with Crippen molar-refractivity contribution < 1.29 is 4.79 Å². The predicted molar refractivity (Wildman–Crippen MR) is 67.0 cm³/mol. The van der Waals surface area contributed by atoms with Crippen molar-refractivity contribution >= 4 is 17.5 Å². The molecule has 0 saturated carbocycles. The third-order valence-electron chi connectivity index (χ3n) is 2.40. The van der Waals surface area contributed by atoms with Gasteiger partial charge in [0.25, 0.3) is 0 Å². The second-order valence-electron chi connectivity index (χ2n) is 3.70. The molecule has 2 aromatic rings. The lowest BCUT2D eigenvalue weighted by Crippen LogP contribution is -2.11. The first-order valence-electron chi connectivity index (χ1n) is 5.14. The molecule has 4 heteroatoms. The van der Waals surface area contributed by atoms with Gasteiger partial charge in [-0.2, -0.15) is 0 Å². The maximum Gasteiger partial charge on any atom is 0.248 e. The number of carbonyl (C=O) groups is 1. The number of carbonyl (C=O) groups excluding carboxylic acids is 1. The molecule has 0 aliphatic rings. The summed E-state index contributed by atoms with van der Waals surface area (Å²) in [6.45, 7) is 0. The Morgan fingerprint density at radius 2 is 1.94 bits per heavy atom. The summed E-state index contributed by atoms with van der Waals surface area (Å²) in [7, 11) is 0. The van der Waals surface area contributed by atoms with Gasteiger partial charge in [0.2, 0.25) is 5.91 Å². The number of hydrogen-bond acceptors (Lipinski definition) is 2. The van der Waals surface area contributed by atoms with Crippen LogP contribution in [0.2, 0.25) is 5.02 Å². The number of benzene rings is 1. The molecule has 0 spiro atoms. The van der Waals surface area contributed by atoms with Crippen LogP contribution < -0.4 is 5.73 Å². The second kappa shape index (κ2) is 4.97. The van der Waals surface area contributed by atoms with Crippen molar-refractivity contribution in [3.05, 3.63) is 64.4 Å². The SMILES string of the molecule is NC(=O)c1ccnc(Cc2ccc(Cl)cc2)c1. The van der Waals surface area contributed by atoms with Gasteiger partial charge in [-0.15, -0.1) is 0 Å². The van der Waals surface area contributed by atoms with Crippen LogP contribution in [0.15, 0.2) is 42.6 Å². The Morgan fingerprint density at radius 3 is 2.59 bits per heavy atom. The number of pyridine rings is 1. The van der Waals surface area contributed by atoms with Gasteiger partial charge in [0.1, 0.15) is 0 Å². The molecule has 1 amide bonds. The number of amides is 1. The molecule has 2 N–H and O–H groups in total. The third-order valence-corrected chi connectivity index (χ3v) is 2.65. The first kappa shape index (κ1) is 11.6. The van der Waals surface area contributed by atoms with Crippen LogP contribution in [0, 0.1) is 0 Å². The van der Waals surface area contributed by atoms with E-state index in [0.717, 1.165) is 11.3 Å². The minimum atomic E-state index is -0.440. The molecule has 0 atom stereocenters. The monoisotopic (exact) mass is 246 g/mol. The van der Waals surface area contributed by atoms with Crippen LogP contribution in [0.4, 0.5) is 0 Å². The van der Waals surface area contributed by atoms with E-state index in [9.17, 15) is 4.79 Å². The largest absolute Gasteiger partial charge is 0.366 e. The standard InChI is InChI=1S/C13H11ClN2O/c14-11-3-1-9(2-4-11)7-12-8-10(13(15)17)5-6-16-12/h1-6,8H,7H2,(H2,15,17). The van der Waals surface area contributed by atoms with Gasteiger partial charge in [0.15, 0.2) is 0 Å². The average molecular weight is 247 g/mol. The molecule has 0 radical (unpaired) electrons. The Labute approximate surface area is 104 Å². The Kier molecular flexibility index (Phi) is 3.40. The highest BCUT2D eigenvalue weighted by atomic mass is 35.5. The minimum Gasteiger partial charge on any atom is -0.366 e. The van der Waals surface area contributed by atoms with E-state index in [0.29, 0.717) is 17.0 Å². The smallest absolute Gasteiger partial charge is 0.248 e. The zero-order valence-electron chi connectivity index (χ0n) is 9.06. The molecule has 86 valence electrons. The highest BCUT2D eigenvalue weighted by Crippen LogP contribution is 2.13. The molecule has 0 fully saturated rings. The normalized spacial score (nSPS) is 10.2. The van der Waals surface area contributed by atoms with Crippen LogP contribution in [0.3, 0.4) is 0 Å². The summed E-state index contributed by atoms with van der Waals surface area (Å²) in [6, 6.07) is 10.8. The maximum atomic E-state index is 11.0. The summed E-state index contributed by atoms with van der Waals surface area (Å²) in [4.78, 5) is 15.2. The molecule has 1 heterocycles. The summed E-state index contributed by atoms with van der Waals surface area (Å²) in [6.07, 6.45) is 2.24. The van der Waals surface area contributed by atoms with Crippen LogP contribution in [0.25, 0.3) is 0 Å². The van der Waals surface area contributed by atoms with E-state index in [-0.39, 0.29) is 0 Å². The molecule has 1 aromatic carbocycles. The van der Waals surface area contributed by atoms with E-state index >= 15 is 0 Å². The topological polar surface area (TPSA) is 56.0 Å². The zero-order chi connectivity index (χ0) is 12.3. The van der Waals surface area contributed by atoms with Crippen LogP contribution in [-0.2, 0) is 6.42 Å². The van der Waals surface area contributed by atoms with E-state index in [2.05, 4.69) is 4.98 Å². The lowest BCUT2D eigenvalue weighted by Gasteiger charge is -2.02. The van der Waals surface area contributed by atoms with Crippen molar-refractivity contribution in [2.75, 3.05) is 0 Å². The molecule has 3 nitrogen and oxygen atoms in total. The van der Waals surface area contributed by atoms with Crippen molar-refractivity contribution in [3.63, 3.8) is 0 Å². The summed E-state index contributed by atoms with van der Waals surface area (Å²) in [5, 5.41) is 0.701. The number of nitrogens with zero attached hydrogens (tertiary/aromatic N) is 1. The van der Waals surface area contributed by atoms with Crippen LogP contribution >= 0.6 is 11.6 Å². The van der Waals surface area contributed by atoms with Crippen molar-refractivity contribution in [2.45, 2.75) is 6.42 Å². The van der Waals surface area contributed by atoms with Crippen molar-refractivity contribution in [1.82, 2.24) is 4.98 Å². The fourth-order valence-electron chi connectivity index (χ4n) is 1.54. The number of aromatic nitrogens is 1. The highest BCUT2D eigenvalue weighted by molar-refractivity contribution is 6.30. The quantitative estimate of drug-likeness (QED) is 0.904. The summed E-state index contributed by atoms with van der Waals surface area (Å²) in [5.41, 5.74) is 7.58. The van der Waals surface area contributed by atoms with Gasteiger partial charge in [-0.3, -0.25) is 9.78 Å². The van der Waals surface area contributed by atoms with Gasteiger partial charge in [0, 0.05) is 28.9 Å². The molecular formula is C13H11ClN2O. The molecule has 1 aromatic heterocycles. The molecular weight excluding hydrogens is 236 g/mol. The van der Waals surface area contributed by atoms with Gasteiger partial charge >= 0.3 is 0 Å². The maximum absolute atomic E-state index is 11.0. The van der Waals surface area contributed by atoms with Gasteiger partial charge in [-0.25, -0.2) is 0 Å². The first-order chi connectivity index (χ1) is 8.15. The van der Waals surface area contributed by atoms with E-state index in [4.69, 9.17) is 17.3 Å². The van der Waals surface area contributed by atoms with Gasteiger partial charge in [-0.05, 0) is 29.8 Å². The first-order valence-corrected chi connectivity index (χ1v) is 5.52. The Bertz CT molecular complexity index is 537. The average Bonchev–Trinajstić information content (AvgIpc) is 2.32. The summed E-state index contributed by atoms with van der Waals surface area (Å²) >= 11 is 5.80. The van der Waals surface area contributed by atoms with Crippen molar-refractivity contribution in [3.8, 4) is 0 Å². The van der Waals surface area contributed by atoms with Gasteiger partial charge < -0.3 is 5.73 Å². The van der Waals surface area contributed by atoms with Gasteiger partial charge in [0.05, 0.1) is 0 Å². The Hall–Kier alpha value is -1.87. The number of rotatable bonds is 3. The number of halogens is 1. The molecule has 2 rings (SSSR count). The minimum absolute atomic E-state index is 0.440. The van der Waals surface area contributed by atoms with Crippen LogP contribution in [0.5, 0.6) is 0 Å². The number of nitrogens with two attached hydrogens (primary N) is 1. The zero-order valence-corrected chi connectivity index (χ0v) is 9.82. The molecule has 0 bridgehead atoms. The lowest BCUT2D eigenvalue weighted by molar-refractivity contribution is 0.1000. The Morgan fingerprint density at radius 1 is 1.24 bits per heavy atom. The highest BCUT2D eigenvalue weighted by Gasteiger charge is 2.03. The molecule has 0 saturated heterocycles. The van der Waals surface area contributed by atoms with Crippen molar-refractivity contribution in [1.29, 1.82) is 0 Å². The van der Waals surface area contributed by atoms with Gasteiger partial charge in [-0.1, -0.05) is 23.7 Å². The fourth-order valence-corrected chi connectivity index (χ4v) is 1.67. The van der Waals surface area contributed by atoms with E-state index in [1.807, 2.05) is 24.3 Å². The van der Waals surface area contributed by atoms with Crippen molar-refractivity contribution in [2.24, 2.45) is 5.73 Å². The third kappa shape index (κ3) is 3.04. The number of primary amides is 1. The second-order valence-corrected chi connectivity index (χ2v) is 4.14. The van der Waals surface area contributed by atoms with E-state index in [1.165, 1.54) is 0 Å². The fraction of sp³-hybridized carbons (Fsp3) is 0.0769. The molecule has 0 aliphatic heterocycles. The summed E-state index contributed by atoms with van der Waals surface area (Å²) in [5.74, 6) is -0.440. The molecule has 0 aliphatic carbocycles. The Balaban J connectivity index is 2.21. The van der Waals surface area contributed by atoms with Crippen LogP contribution in [-0.4, -0.2) is 10.9 Å². The molecule has 0 unspecified atom stereocenters. The molecule has 17 heavy (non-hydrogen) atoms. The van der Waals surface area contributed by atoms with E-state index < -0.39 is 5.91 Å². The van der Waals surface area contributed by atoms with E-state index in [1.54, 1.807) is 18.3 Å². The predicted octanol–water partition coefficient (Wildman–Crippen LogP) is 2.42. The lowest BCUT2D eigenvalue weighted by atomic mass is 10.1. The summed E-state index contributed by atoms with van der Waals surface area (Å²) < 4.78 is 0. The number of hydrogen-bond donors (Lipinski definition) is 1. The van der Waals surface area contributed by atoms with Crippen LogP contribution in [0.1, 0.15) is 21.6 Å².